The second kappa shape index (κ2) is 10.5. The van der Waals surface area contributed by atoms with Crippen molar-refractivity contribution in [1.29, 1.82) is 0 Å². The standard InChI is InChI=1S/C24H29ClO7/c25-19-8-3-15(24-23(29)22(28)21(27)20(13-26)32-24)12-16(19)11-14-1-4-17(5-2-14)30-9-10-31-18-6-7-18/h1-5,8,12,18,20-24,26-29H,6-7,9-11,13H2/t20?,21-,22+,23-,24+/m1/s1. The third kappa shape index (κ3) is 5.61. The molecule has 32 heavy (non-hydrogen) atoms. The lowest BCUT2D eigenvalue weighted by Crippen LogP contribution is -2.55. The third-order valence-electron chi connectivity index (χ3n) is 5.84. The molecule has 1 unspecified atom stereocenters. The lowest BCUT2D eigenvalue weighted by molar-refractivity contribution is -0.231. The highest BCUT2D eigenvalue weighted by Gasteiger charge is 2.44. The van der Waals surface area contributed by atoms with Gasteiger partial charge in [-0.25, -0.2) is 0 Å². The zero-order valence-electron chi connectivity index (χ0n) is 17.6. The minimum Gasteiger partial charge on any atom is -0.491 e. The Morgan fingerprint density at radius 1 is 0.938 bits per heavy atom. The summed E-state index contributed by atoms with van der Waals surface area (Å²) in [5.74, 6) is 0.773. The van der Waals surface area contributed by atoms with Gasteiger partial charge in [0.1, 0.15) is 42.9 Å². The third-order valence-corrected chi connectivity index (χ3v) is 6.21. The van der Waals surface area contributed by atoms with Crippen LogP contribution in [0, 0.1) is 0 Å². The van der Waals surface area contributed by atoms with Crippen LogP contribution in [-0.2, 0) is 15.9 Å². The maximum absolute atomic E-state index is 10.4. The van der Waals surface area contributed by atoms with Crippen LogP contribution < -0.4 is 4.74 Å². The van der Waals surface area contributed by atoms with Gasteiger partial charge < -0.3 is 34.6 Å². The first kappa shape index (κ1) is 23.4. The quantitative estimate of drug-likeness (QED) is 0.420. The zero-order chi connectivity index (χ0) is 22.7. The zero-order valence-corrected chi connectivity index (χ0v) is 18.4. The molecule has 7 nitrogen and oxygen atoms in total. The number of rotatable bonds is 9. The van der Waals surface area contributed by atoms with Gasteiger partial charge in [0.15, 0.2) is 0 Å². The first-order chi connectivity index (χ1) is 15.5. The Labute approximate surface area is 192 Å². The fourth-order valence-corrected chi connectivity index (χ4v) is 4.00. The van der Waals surface area contributed by atoms with Gasteiger partial charge in [0.25, 0.3) is 0 Å². The van der Waals surface area contributed by atoms with E-state index in [1.807, 2.05) is 30.3 Å². The second-order valence-corrected chi connectivity index (χ2v) is 8.75. The van der Waals surface area contributed by atoms with E-state index in [0.717, 1.165) is 29.7 Å². The number of hydrogen-bond acceptors (Lipinski definition) is 7. The molecule has 1 aliphatic carbocycles. The van der Waals surface area contributed by atoms with Crippen LogP contribution in [0.3, 0.4) is 0 Å². The van der Waals surface area contributed by atoms with Crippen LogP contribution >= 0.6 is 11.6 Å². The average Bonchev–Trinajstić information content (AvgIpc) is 3.63. The van der Waals surface area contributed by atoms with E-state index in [0.29, 0.717) is 36.3 Å². The summed E-state index contributed by atoms with van der Waals surface area (Å²) in [6, 6.07) is 13.0. The SMILES string of the molecule is OCC1O[C@@H](c2ccc(Cl)c(Cc3ccc(OCCOC4CC4)cc3)c2)[C@H](O)[C@@H](O)[C@@H]1O. The maximum Gasteiger partial charge on any atom is 0.119 e. The van der Waals surface area contributed by atoms with Gasteiger partial charge in [0, 0.05) is 5.02 Å². The molecule has 1 saturated heterocycles. The molecule has 2 aromatic carbocycles. The van der Waals surface area contributed by atoms with Crippen molar-refractivity contribution in [2.45, 2.75) is 55.9 Å². The van der Waals surface area contributed by atoms with Gasteiger partial charge in [-0.05, 0) is 54.2 Å². The van der Waals surface area contributed by atoms with E-state index in [1.165, 1.54) is 0 Å². The molecule has 1 aliphatic heterocycles. The summed E-state index contributed by atoms with van der Waals surface area (Å²) < 4.78 is 16.9. The van der Waals surface area contributed by atoms with Crippen LogP contribution in [0.25, 0.3) is 0 Å². The summed E-state index contributed by atoms with van der Waals surface area (Å²) in [7, 11) is 0. The van der Waals surface area contributed by atoms with Crippen LogP contribution in [0.4, 0.5) is 0 Å². The monoisotopic (exact) mass is 464 g/mol. The number of hydrogen-bond donors (Lipinski definition) is 4. The lowest BCUT2D eigenvalue weighted by Gasteiger charge is -2.40. The van der Waals surface area contributed by atoms with Gasteiger partial charge in [-0.2, -0.15) is 0 Å². The summed E-state index contributed by atoms with van der Waals surface area (Å²) >= 11 is 6.40. The molecule has 174 valence electrons. The number of benzene rings is 2. The molecular formula is C24H29ClO7. The van der Waals surface area contributed by atoms with Crippen LogP contribution in [0.1, 0.15) is 35.6 Å². The number of halogens is 1. The van der Waals surface area contributed by atoms with Gasteiger partial charge in [0.05, 0.1) is 19.3 Å². The summed E-state index contributed by atoms with van der Waals surface area (Å²) in [4.78, 5) is 0. The average molecular weight is 465 g/mol. The number of aliphatic hydroxyl groups is 4. The predicted octanol–water partition coefficient (Wildman–Crippen LogP) is 2.00. The molecule has 1 heterocycles. The minimum atomic E-state index is -1.42. The Bertz CT molecular complexity index is 884. The molecule has 0 amide bonds. The first-order valence-corrected chi connectivity index (χ1v) is 11.3. The Hall–Kier alpha value is -1.71. The molecule has 0 bridgehead atoms. The van der Waals surface area contributed by atoms with Gasteiger partial charge in [-0.1, -0.05) is 35.9 Å². The molecule has 1 saturated carbocycles. The predicted molar refractivity (Wildman–Crippen MR) is 118 cm³/mol. The number of ether oxygens (including phenoxy) is 3. The highest BCUT2D eigenvalue weighted by atomic mass is 35.5. The van der Waals surface area contributed by atoms with E-state index in [4.69, 9.17) is 25.8 Å². The fraction of sp³-hybridized carbons (Fsp3) is 0.500. The van der Waals surface area contributed by atoms with Gasteiger partial charge >= 0.3 is 0 Å². The fourth-order valence-electron chi connectivity index (χ4n) is 3.82. The highest BCUT2D eigenvalue weighted by molar-refractivity contribution is 6.31. The minimum absolute atomic E-state index is 0.421. The van der Waals surface area contributed by atoms with Gasteiger partial charge in [-0.15, -0.1) is 0 Å². The molecular weight excluding hydrogens is 436 g/mol. The molecule has 8 heteroatoms. The van der Waals surface area contributed by atoms with Crippen molar-refractivity contribution in [2.75, 3.05) is 19.8 Å². The largest absolute Gasteiger partial charge is 0.491 e. The van der Waals surface area contributed by atoms with Crippen LogP contribution in [0.5, 0.6) is 5.75 Å². The van der Waals surface area contributed by atoms with Crippen molar-refractivity contribution in [2.24, 2.45) is 0 Å². The van der Waals surface area contributed by atoms with E-state index < -0.39 is 37.1 Å². The normalized spacial score (nSPS) is 28.0. The topological polar surface area (TPSA) is 109 Å². The van der Waals surface area contributed by atoms with Gasteiger partial charge in [0.2, 0.25) is 0 Å². The Kier molecular flexibility index (Phi) is 7.68. The van der Waals surface area contributed by atoms with E-state index in [1.54, 1.807) is 12.1 Å². The molecule has 5 atom stereocenters. The first-order valence-electron chi connectivity index (χ1n) is 10.9. The Morgan fingerprint density at radius 2 is 1.69 bits per heavy atom. The van der Waals surface area contributed by atoms with Crippen LogP contribution in [0.2, 0.25) is 5.02 Å². The Balaban J connectivity index is 1.41. The number of aliphatic hydroxyl groups excluding tert-OH is 4. The van der Waals surface area contributed by atoms with Crippen molar-refractivity contribution >= 4 is 11.6 Å². The molecule has 4 rings (SSSR count). The molecule has 0 spiro atoms. The summed E-state index contributed by atoms with van der Waals surface area (Å²) in [5, 5.41) is 40.5. The lowest BCUT2D eigenvalue weighted by atomic mass is 9.90. The van der Waals surface area contributed by atoms with Crippen LogP contribution in [-0.4, -0.2) is 70.8 Å². The summed E-state index contributed by atoms with van der Waals surface area (Å²) in [6.07, 6.45) is -2.73. The van der Waals surface area contributed by atoms with E-state index >= 15 is 0 Å². The van der Waals surface area contributed by atoms with Crippen molar-refractivity contribution in [1.82, 2.24) is 0 Å². The van der Waals surface area contributed by atoms with E-state index in [-0.39, 0.29) is 0 Å². The van der Waals surface area contributed by atoms with E-state index in [2.05, 4.69) is 0 Å². The highest BCUT2D eigenvalue weighted by Crippen LogP contribution is 2.34. The Morgan fingerprint density at radius 3 is 2.38 bits per heavy atom. The molecule has 2 aromatic rings. The van der Waals surface area contributed by atoms with Crippen molar-refractivity contribution in [3.05, 3.63) is 64.2 Å². The van der Waals surface area contributed by atoms with Crippen LogP contribution in [0.15, 0.2) is 42.5 Å². The van der Waals surface area contributed by atoms with Gasteiger partial charge in [-0.3, -0.25) is 0 Å². The summed E-state index contributed by atoms with van der Waals surface area (Å²) in [6.45, 7) is 0.638. The molecule has 2 fully saturated rings. The van der Waals surface area contributed by atoms with Crippen molar-refractivity contribution in [3.63, 3.8) is 0 Å². The maximum atomic E-state index is 10.4. The van der Waals surface area contributed by atoms with Crippen molar-refractivity contribution < 1.29 is 34.6 Å². The summed E-state index contributed by atoms with van der Waals surface area (Å²) in [5.41, 5.74) is 2.46. The smallest absolute Gasteiger partial charge is 0.119 e. The van der Waals surface area contributed by atoms with Crippen molar-refractivity contribution in [3.8, 4) is 5.75 Å². The molecule has 0 radical (unpaired) electrons. The molecule has 2 aliphatic rings. The van der Waals surface area contributed by atoms with E-state index in [9.17, 15) is 20.4 Å². The second-order valence-electron chi connectivity index (χ2n) is 8.34. The molecule has 0 aromatic heterocycles. The molecule has 4 N–H and O–H groups in total.